The van der Waals surface area contributed by atoms with E-state index in [1.165, 1.54) is 51.4 Å². The summed E-state index contributed by atoms with van der Waals surface area (Å²) >= 11 is 0. The smallest absolute Gasteiger partial charge is 0.0167 e. The minimum absolute atomic E-state index is 0.853. The molecule has 0 radical (unpaired) electrons. The summed E-state index contributed by atoms with van der Waals surface area (Å²) in [7, 11) is 0. The second-order valence-corrected chi connectivity index (χ2v) is 5.23. The van der Waals surface area contributed by atoms with Crippen molar-refractivity contribution in [1.82, 2.24) is 5.32 Å². The average Bonchev–Trinajstić information content (AvgIpc) is 3.09. The summed E-state index contributed by atoms with van der Waals surface area (Å²) < 4.78 is 0. The topological polar surface area (TPSA) is 12.0 Å². The highest BCUT2D eigenvalue weighted by Gasteiger charge is 2.20. The van der Waals surface area contributed by atoms with E-state index in [9.17, 15) is 0 Å². The van der Waals surface area contributed by atoms with Gasteiger partial charge in [-0.25, -0.2) is 0 Å². The molecule has 0 aromatic heterocycles. The molecule has 15 heavy (non-hydrogen) atoms. The molecule has 0 aromatic carbocycles. The van der Waals surface area contributed by atoms with E-state index in [1.807, 2.05) is 0 Å². The van der Waals surface area contributed by atoms with Crippen LogP contribution in [0, 0.1) is 5.92 Å². The van der Waals surface area contributed by atoms with E-state index in [-0.39, 0.29) is 0 Å². The summed E-state index contributed by atoms with van der Waals surface area (Å²) in [4.78, 5) is 0. The van der Waals surface area contributed by atoms with Crippen LogP contribution in [0.15, 0.2) is 11.6 Å². The van der Waals surface area contributed by atoms with Crippen molar-refractivity contribution in [2.24, 2.45) is 5.92 Å². The number of hydrogen-bond acceptors (Lipinski definition) is 1. The molecule has 0 unspecified atom stereocenters. The Morgan fingerprint density at radius 2 is 1.87 bits per heavy atom. The number of allylic oxidation sites excluding steroid dienone is 1. The van der Waals surface area contributed by atoms with Crippen LogP contribution >= 0.6 is 0 Å². The molecular weight excluding hydrogens is 182 g/mol. The van der Waals surface area contributed by atoms with E-state index >= 15 is 0 Å². The molecule has 1 N–H and O–H groups in total. The zero-order valence-corrected chi connectivity index (χ0v) is 10.1. The fourth-order valence-corrected chi connectivity index (χ4v) is 2.50. The number of rotatable bonds is 5. The molecule has 2 saturated carbocycles. The normalized spacial score (nSPS) is 24.5. The third kappa shape index (κ3) is 3.98. The lowest BCUT2D eigenvalue weighted by molar-refractivity contribution is 0.416. The predicted octanol–water partition coefficient (Wildman–Crippen LogP) is 3.66. The largest absolute Gasteiger partial charge is 0.310 e. The molecule has 0 atom stereocenters. The van der Waals surface area contributed by atoms with Crippen LogP contribution in [0.1, 0.15) is 58.3 Å². The van der Waals surface area contributed by atoms with Gasteiger partial charge < -0.3 is 5.32 Å². The lowest BCUT2D eigenvalue weighted by Gasteiger charge is -2.19. The zero-order valence-electron chi connectivity index (χ0n) is 10.1. The molecule has 0 aliphatic heterocycles. The van der Waals surface area contributed by atoms with E-state index in [4.69, 9.17) is 0 Å². The van der Waals surface area contributed by atoms with E-state index in [0.717, 1.165) is 18.5 Å². The highest BCUT2D eigenvalue weighted by Crippen LogP contribution is 2.26. The van der Waals surface area contributed by atoms with Gasteiger partial charge >= 0.3 is 0 Å². The van der Waals surface area contributed by atoms with Gasteiger partial charge in [0.1, 0.15) is 0 Å². The minimum Gasteiger partial charge on any atom is -0.310 e. The molecule has 86 valence electrons. The van der Waals surface area contributed by atoms with Gasteiger partial charge in [0, 0.05) is 12.6 Å². The Morgan fingerprint density at radius 3 is 2.47 bits per heavy atom. The zero-order chi connectivity index (χ0) is 10.5. The number of hydrogen-bond donors (Lipinski definition) is 1. The van der Waals surface area contributed by atoms with Gasteiger partial charge in [0.15, 0.2) is 0 Å². The first-order valence-corrected chi connectivity index (χ1v) is 6.81. The first-order valence-electron chi connectivity index (χ1n) is 6.81. The molecule has 1 heteroatoms. The molecule has 2 aliphatic rings. The highest BCUT2D eigenvalue weighted by atomic mass is 14.9. The summed E-state index contributed by atoms with van der Waals surface area (Å²) in [5.41, 5.74) is 1.65. The fourth-order valence-electron chi connectivity index (χ4n) is 2.50. The van der Waals surface area contributed by atoms with E-state index in [2.05, 4.69) is 18.3 Å². The van der Waals surface area contributed by atoms with Crippen LogP contribution in [0.3, 0.4) is 0 Å². The molecule has 0 bridgehead atoms. The van der Waals surface area contributed by atoms with Crippen LogP contribution in [-0.2, 0) is 0 Å². The van der Waals surface area contributed by atoms with Gasteiger partial charge in [-0.05, 0) is 38.0 Å². The summed E-state index contributed by atoms with van der Waals surface area (Å²) in [5.74, 6) is 0.898. The van der Waals surface area contributed by atoms with Crippen LogP contribution in [0.4, 0.5) is 0 Å². The van der Waals surface area contributed by atoms with Crippen molar-refractivity contribution in [3.05, 3.63) is 11.6 Å². The van der Waals surface area contributed by atoms with Crippen molar-refractivity contribution >= 4 is 0 Å². The lowest BCUT2D eigenvalue weighted by atomic mass is 9.87. The maximum Gasteiger partial charge on any atom is 0.0167 e. The highest BCUT2D eigenvalue weighted by molar-refractivity contribution is 5.07. The van der Waals surface area contributed by atoms with Crippen molar-refractivity contribution < 1.29 is 0 Å². The van der Waals surface area contributed by atoms with Crippen molar-refractivity contribution in [3.63, 3.8) is 0 Å². The molecule has 0 amide bonds. The minimum atomic E-state index is 0.853. The summed E-state index contributed by atoms with van der Waals surface area (Å²) in [5, 5.41) is 3.63. The second kappa shape index (κ2) is 5.69. The van der Waals surface area contributed by atoms with Gasteiger partial charge in [-0.1, -0.05) is 37.8 Å². The fraction of sp³-hybridized carbons (Fsp3) is 0.857. The Hall–Kier alpha value is -0.300. The Labute approximate surface area is 94.3 Å². The molecule has 2 aliphatic carbocycles. The molecule has 1 nitrogen and oxygen atoms in total. The predicted molar refractivity (Wildman–Crippen MR) is 66.0 cm³/mol. The van der Waals surface area contributed by atoms with Crippen LogP contribution < -0.4 is 5.32 Å². The lowest BCUT2D eigenvalue weighted by Crippen LogP contribution is -2.19. The van der Waals surface area contributed by atoms with Crippen LogP contribution in [0.25, 0.3) is 0 Å². The Balaban J connectivity index is 1.76. The van der Waals surface area contributed by atoms with E-state index < -0.39 is 0 Å². The van der Waals surface area contributed by atoms with Crippen molar-refractivity contribution in [2.45, 2.75) is 64.3 Å². The van der Waals surface area contributed by atoms with Crippen molar-refractivity contribution in [1.29, 1.82) is 0 Å². The standard InChI is InChI=1S/C14H25N/c1-2-12(11-15-14-8-9-14)10-13-6-4-3-5-7-13/h10,13-15H,2-9,11H2,1H3. The van der Waals surface area contributed by atoms with E-state index in [0.29, 0.717) is 0 Å². The Bertz CT molecular complexity index is 209. The molecule has 0 saturated heterocycles. The first-order chi connectivity index (χ1) is 7.38. The van der Waals surface area contributed by atoms with Gasteiger partial charge in [-0.15, -0.1) is 0 Å². The average molecular weight is 207 g/mol. The Kier molecular flexibility index (Phi) is 4.25. The van der Waals surface area contributed by atoms with Crippen molar-refractivity contribution in [2.75, 3.05) is 6.54 Å². The monoisotopic (exact) mass is 207 g/mol. The maximum atomic E-state index is 3.63. The van der Waals surface area contributed by atoms with E-state index in [1.54, 1.807) is 5.57 Å². The second-order valence-electron chi connectivity index (χ2n) is 5.23. The molecule has 0 heterocycles. The van der Waals surface area contributed by atoms with Gasteiger partial charge in [-0.2, -0.15) is 0 Å². The first kappa shape index (κ1) is 11.2. The van der Waals surface area contributed by atoms with Crippen LogP contribution in [0.5, 0.6) is 0 Å². The molecule has 0 spiro atoms. The van der Waals surface area contributed by atoms with Gasteiger partial charge in [0.05, 0.1) is 0 Å². The molecular formula is C14H25N. The molecule has 2 rings (SSSR count). The summed E-state index contributed by atoms with van der Waals surface area (Å²) in [6.45, 7) is 3.45. The van der Waals surface area contributed by atoms with Crippen LogP contribution in [-0.4, -0.2) is 12.6 Å². The summed E-state index contributed by atoms with van der Waals surface area (Å²) in [6, 6.07) is 0.853. The SMILES string of the molecule is CCC(=CC1CCCCC1)CNC1CC1. The third-order valence-electron chi connectivity index (χ3n) is 3.77. The van der Waals surface area contributed by atoms with Crippen molar-refractivity contribution in [3.8, 4) is 0 Å². The van der Waals surface area contributed by atoms with Gasteiger partial charge in [0.25, 0.3) is 0 Å². The number of nitrogens with one attached hydrogen (secondary N) is 1. The van der Waals surface area contributed by atoms with Gasteiger partial charge in [0.2, 0.25) is 0 Å². The summed E-state index contributed by atoms with van der Waals surface area (Å²) in [6.07, 6.45) is 13.9. The molecule has 0 aromatic rings. The molecule has 2 fully saturated rings. The van der Waals surface area contributed by atoms with Gasteiger partial charge in [-0.3, -0.25) is 0 Å². The van der Waals surface area contributed by atoms with Crippen LogP contribution in [0.2, 0.25) is 0 Å². The Morgan fingerprint density at radius 1 is 1.13 bits per heavy atom. The quantitative estimate of drug-likeness (QED) is 0.678. The third-order valence-corrected chi connectivity index (χ3v) is 3.77. The maximum absolute atomic E-state index is 3.63.